The van der Waals surface area contributed by atoms with E-state index in [0.717, 1.165) is 0 Å². The van der Waals surface area contributed by atoms with Crippen molar-refractivity contribution in [1.82, 2.24) is 20.6 Å². The third-order valence-corrected chi connectivity index (χ3v) is 2.50. The van der Waals surface area contributed by atoms with Gasteiger partial charge in [0.2, 0.25) is 0 Å². The maximum atomic E-state index is 9.17. The Kier molecular flexibility index (Phi) is 3.50. The van der Waals surface area contributed by atoms with Crippen molar-refractivity contribution in [3.05, 3.63) is 48.5 Å². The van der Waals surface area contributed by atoms with Gasteiger partial charge in [-0.2, -0.15) is 15.4 Å². The summed E-state index contributed by atoms with van der Waals surface area (Å²) in [6.45, 7) is 0. The number of azo groups is 1. The third-order valence-electron chi connectivity index (χ3n) is 2.50. The number of phenolic OH excluding ortho intramolecular Hbond substituents is 1. The Labute approximate surface area is 119 Å². The molecule has 8 nitrogen and oxygen atoms in total. The van der Waals surface area contributed by atoms with E-state index < -0.39 is 0 Å². The van der Waals surface area contributed by atoms with E-state index in [-0.39, 0.29) is 11.8 Å². The first kappa shape index (κ1) is 12.7. The number of aromatic hydroxyl groups is 1. The van der Waals surface area contributed by atoms with Gasteiger partial charge in [0.05, 0.1) is 11.4 Å². The summed E-state index contributed by atoms with van der Waals surface area (Å²) in [5.74, 6) is 0.761. The zero-order valence-electron chi connectivity index (χ0n) is 10.7. The van der Waals surface area contributed by atoms with Crippen molar-refractivity contribution in [2.24, 2.45) is 10.2 Å². The van der Waals surface area contributed by atoms with Gasteiger partial charge in [0, 0.05) is 0 Å². The van der Waals surface area contributed by atoms with Crippen LogP contribution in [0, 0.1) is 0 Å². The smallest absolute Gasteiger partial charge is 0.361 e. The number of nitrogens with one attached hydrogen (secondary N) is 1. The average Bonchev–Trinajstić information content (AvgIpc) is 3.01. The molecular weight excluding hydrogens is 272 g/mol. The number of tetrazole rings is 1. The predicted octanol–water partition coefficient (Wildman–Crippen LogP) is 3.11. The topological polar surface area (TPSA) is 109 Å². The van der Waals surface area contributed by atoms with Crippen LogP contribution in [-0.2, 0) is 0 Å². The zero-order valence-corrected chi connectivity index (χ0v) is 10.7. The Hall–Kier alpha value is -3.29. The van der Waals surface area contributed by atoms with Crippen LogP contribution in [0.1, 0.15) is 0 Å². The first-order valence-electron chi connectivity index (χ1n) is 6.02. The lowest BCUT2D eigenvalue weighted by Gasteiger charge is -1.99. The van der Waals surface area contributed by atoms with E-state index in [1.807, 2.05) is 0 Å². The van der Waals surface area contributed by atoms with Crippen LogP contribution in [0.3, 0.4) is 0 Å². The van der Waals surface area contributed by atoms with Crippen LogP contribution < -0.4 is 4.74 Å². The molecule has 0 fully saturated rings. The summed E-state index contributed by atoms with van der Waals surface area (Å²) >= 11 is 0. The van der Waals surface area contributed by atoms with Crippen LogP contribution >= 0.6 is 0 Å². The molecular formula is C13H10N6O2. The fraction of sp³-hybridized carbons (Fsp3) is 0. The van der Waals surface area contributed by atoms with E-state index in [4.69, 9.17) is 4.74 Å². The number of benzene rings is 2. The molecule has 2 aromatic carbocycles. The number of ether oxygens (including phenoxy) is 1. The van der Waals surface area contributed by atoms with Gasteiger partial charge in [0.1, 0.15) is 11.5 Å². The van der Waals surface area contributed by atoms with Gasteiger partial charge in [-0.05, 0) is 53.7 Å². The summed E-state index contributed by atoms with van der Waals surface area (Å²) in [4.78, 5) is 0. The third kappa shape index (κ3) is 3.38. The molecule has 1 aromatic heterocycles. The SMILES string of the molecule is Oc1ccc(N=Nc2ccc(Oc3nn[nH]n3)cc2)cc1. The maximum absolute atomic E-state index is 9.17. The van der Waals surface area contributed by atoms with E-state index in [1.54, 1.807) is 48.5 Å². The molecule has 0 amide bonds. The number of rotatable bonds is 4. The molecule has 0 saturated carbocycles. The van der Waals surface area contributed by atoms with E-state index in [2.05, 4.69) is 30.9 Å². The largest absolute Gasteiger partial charge is 0.508 e. The minimum atomic E-state index is 0.147. The number of H-pyrrole nitrogens is 1. The second-order valence-corrected chi connectivity index (χ2v) is 4.01. The minimum Gasteiger partial charge on any atom is -0.508 e. The number of hydrogen-bond donors (Lipinski definition) is 2. The lowest BCUT2D eigenvalue weighted by Crippen LogP contribution is -1.85. The molecule has 21 heavy (non-hydrogen) atoms. The molecule has 104 valence electrons. The molecule has 3 rings (SSSR count). The van der Waals surface area contributed by atoms with Gasteiger partial charge in [-0.3, -0.25) is 0 Å². The van der Waals surface area contributed by atoms with E-state index in [9.17, 15) is 5.11 Å². The molecule has 1 heterocycles. The molecule has 0 aliphatic heterocycles. The Balaban J connectivity index is 1.68. The standard InChI is InChI=1S/C13H10N6O2/c20-11-5-1-9(2-6-11)14-15-10-3-7-12(8-4-10)21-13-16-18-19-17-13/h1-8,20H,(H,16,17,18,19). The number of aromatic amines is 1. The molecule has 8 heteroatoms. The van der Waals surface area contributed by atoms with Crippen molar-refractivity contribution in [1.29, 1.82) is 0 Å². The number of hydrogen-bond acceptors (Lipinski definition) is 7. The van der Waals surface area contributed by atoms with Gasteiger partial charge in [-0.15, -0.1) is 0 Å². The molecule has 2 N–H and O–H groups in total. The summed E-state index contributed by atoms with van der Waals surface area (Å²) in [7, 11) is 0. The molecule has 0 unspecified atom stereocenters. The van der Waals surface area contributed by atoms with Gasteiger partial charge in [-0.25, -0.2) is 0 Å². The van der Waals surface area contributed by atoms with E-state index in [1.165, 1.54) is 0 Å². The van der Waals surface area contributed by atoms with E-state index >= 15 is 0 Å². The van der Waals surface area contributed by atoms with Crippen LogP contribution in [0.25, 0.3) is 0 Å². The highest BCUT2D eigenvalue weighted by atomic mass is 16.5. The number of phenols is 1. The fourth-order valence-corrected chi connectivity index (χ4v) is 1.52. The van der Waals surface area contributed by atoms with Gasteiger partial charge < -0.3 is 9.84 Å². The molecule has 0 spiro atoms. The normalized spacial score (nSPS) is 10.9. The van der Waals surface area contributed by atoms with Crippen molar-refractivity contribution in [3.8, 4) is 17.5 Å². The molecule has 0 radical (unpaired) electrons. The first-order valence-corrected chi connectivity index (χ1v) is 6.02. The van der Waals surface area contributed by atoms with Crippen LogP contribution in [-0.4, -0.2) is 25.7 Å². The van der Waals surface area contributed by atoms with Crippen molar-refractivity contribution >= 4 is 11.4 Å². The van der Waals surface area contributed by atoms with Crippen LogP contribution in [0.4, 0.5) is 11.4 Å². The summed E-state index contributed by atoms with van der Waals surface area (Å²) < 4.78 is 5.33. The minimum absolute atomic E-state index is 0.147. The van der Waals surface area contributed by atoms with Crippen LogP contribution in [0.5, 0.6) is 17.5 Å². The van der Waals surface area contributed by atoms with Gasteiger partial charge in [0.25, 0.3) is 0 Å². The highest BCUT2D eigenvalue weighted by Crippen LogP contribution is 2.23. The van der Waals surface area contributed by atoms with Gasteiger partial charge in [0.15, 0.2) is 0 Å². The lowest BCUT2D eigenvalue weighted by molar-refractivity contribution is 0.442. The van der Waals surface area contributed by atoms with E-state index in [0.29, 0.717) is 17.1 Å². The summed E-state index contributed by atoms with van der Waals surface area (Å²) in [5.41, 5.74) is 1.32. The molecule has 0 bridgehead atoms. The van der Waals surface area contributed by atoms with Crippen LogP contribution in [0.2, 0.25) is 0 Å². The molecule has 0 aliphatic rings. The molecule has 0 saturated heterocycles. The van der Waals surface area contributed by atoms with Crippen molar-refractivity contribution < 1.29 is 9.84 Å². The summed E-state index contributed by atoms with van der Waals surface area (Å²) in [6.07, 6.45) is 0. The van der Waals surface area contributed by atoms with Crippen molar-refractivity contribution in [2.45, 2.75) is 0 Å². The van der Waals surface area contributed by atoms with Crippen molar-refractivity contribution in [3.63, 3.8) is 0 Å². The highest BCUT2D eigenvalue weighted by molar-refractivity contribution is 5.44. The molecule has 0 atom stereocenters. The molecule has 0 aliphatic carbocycles. The maximum Gasteiger partial charge on any atom is 0.361 e. The Morgan fingerprint density at radius 3 is 2.10 bits per heavy atom. The van der Waals surface area contributed by atoms with Gasteiger partial charge in [-0.1, -0.05) is 10.2 Å². The second-order valence-electron chi connectivity index (χ2n) is 4.01. The second kappa shape index (κ2) is 5.78. The Bertz CT molecular complexity index is 722. The monoisotopic (exact) mass is 282 g/mol. The summed E-state index contributed by atoms with van der Waals surface area (Å²) in [5, 5.41) is 30.4. The number of nitrogens with zero attached hydrogens (tertiary/aromatic N) is 5. The molecule has 3 aromatic rings. The highest BCUT2D eigenvalue weighted by Gasteiger charge is 2.01. The Morgan fingerprint density at radius 1 is 0.905 bits per heavy atom. The fourth-order valence-electron chi connectivity index (χ4n) is 1.52. The lowest BCUT2D eigenvalue weighted by atomic mass is 10.3. The predicted molar refractivity (Wildman–Crippen MR) is 73.0 cm³/mol. The average molecular weight is 282 g/mol. The summed E-state index contributed by atoms with van der Waals surface area (Å²) in [6, 6.07) is 13.5. The van der Waals surface area contributed by atoms with Crippen LogP contribution in [0.15, 0.2) is 58.8 Å². The Morgan fingerprint density at radius 2 is 1.52 bits per heavy atom. The van der Waals surface area contributed by atoms with Crippen molar-refractivity contribution in [2.75, 3.05) is 0 Å². The first-order chi connectivity index (χ1) is 10.3. The number of aromatic nitrogens is 4. The zero-order chi connectivity index (χ0) is 14.5. The quantitative estimate of drug-likeness (QED) is 0.714. The van der Waals surface area contributed by atoms with Gasteiger partial charge >= 0.3 is 6.01 Å².